The number of carbonyl (C=O) groups excluding carboxylic acids is 2. The smallest absolute Gasteiger partial charge is 0.315 e. The van der Waals surface area contributed by atoms with E-state index in [1.807, 2.05) is 0 Å². The standard InChI is InChI=1S/C11H18O6/c1-14-9(12)7-5-6-11(16-3,17-4)8(7)10(13)15-2/h7-8H,5-6H2,1-4H3/t7-,8-/m0/s1. The molecule has 0 aromatic carbocycles. The van der Waals surface area contributed by atoms with Crippen LogP contribution in [0.2, 0.25) is 0 Å². The molecule has 0 N–H and O–H groups in total. The summed E-state index contributed by atoms with van der Waals surface area (Å²) in [6.07, 6.45) is 0.910. The first-order valence-electron chi connectivity index (χ1n) is 5.32. The van der Waals surface area contributed by atoms with Crippen molar-refractivity contribution in [3.8, 4) is 0 Å². The second-order valence-electron chi connectivity index (χ2n) is 3.89. The average Bonchev–Trinajstić information content (AvgIpc) is 2.76. The normalized spacial score (nSPS) is 26.6. The summed E-state index contributed by atoms with van der Waals surface area (Å²) in [5.41, 5.74) is 0. The first-order valence-corrected chi connectivity index (χ1v) is 5.32. The minimum atomic E-state index is -1.11. The number of ether oxygens (including phenoxy) is 4. The van der Waals surface area contributed by atoms with E-state index in [9.17, 15) is 9.59 Å². The molecule has 2 atom stereocenters. The van der Waals surface area contributed by atoms with Crippen molar-refractivity contribution in [2.24, 2.45) is 11.8 Å². The van der Waals surface area contributed by atoms with Crippen molar-refractivity contribution in [2.75, 3.05) is 28.4 Å². The molecule has 0 aliphatic heterocycles. The predicted octanol–water partition coefficient (Wildman–Crippen LogP) is 0.348. The zero-order valence-corrected chi connectivity index (χ0v) is 10.5. The highest BCUT2D eigenvalue weighted by Crippen LogP contribution is 2.44. The van der Waals surface area contributed by atoms with Gasteiger partial charge < -0.3 is 18.9 Å². The summed E-state index contributed by atoms with van der Waals surface area (Å²) >= 11 is 0. The lowest BCUT2D eigenvalue weighted by atomic mass is 9.92. The molecule has 1 fully saturated rings. The summed E-state index contributed by atoms with van der Waals surface area (Å²) in [6, 6.07) is 0. The Labute approximate surface area is 100 Å². The van der Waals surface area contributed by atoms with Gasteiger partial charge in [-0.05, 0) is 6.42 Å². The molecule has 0 saturated heterocycles. The summed E-state index contributed by atoms with van der Waals surface area (Å²) in [5, 5.41) is 0. The van der Waals surface area contributed by atoms with Crippen LogP contribution in [0.25, 0.3) is 0 Å². The first kappa shape index (κ1) is 13.9. The van der Waals surface area contributed by atoms with E-state index in [2.05, 4.69) is 4.74 Å². The molecule has 17 heavy (non-hydrogen) atoms. The Morgan fingerprint density at radius 2 is 1.53 bits per heavy atom. The third-order valence-corrected chi connectivity index (χ3v) is 3.33. The maximum absolute atomic E-state index is 11.8. The van der Waals surface area contributed by atoms with Gasteiger partial charge in [-0.2, -0.15) is 0 Å². The fourth-order valence-corrected chi connectivity index (χ4v) is 2.40. The van der Waals surface area contributed by atoms with Crippen molar-refractivity contribution in [1.82, 2.24) is 0 Å². The van der Waals surface area contributed by atoms with Crippen molar-refractivity contribution >= 4 is 11.9 Å². The molecule has 0 unspecified atom stereocenters. The van der Waals surface area contributed by atoms with E-state index in [-0.39, 0.29) is 0 Å². The second-order valence-corrected chi connectivity index (χ2v) is 3.89. The minimum absolute atomic E-state index is 0.444. The number of rotatable bonds is 4. The van der Waals surface area contributed by atoms with Gasteiger partial charge >= 0.3 is 11.9 Å². The number of esters is 2. The molecule has 0 aromatic rings. The van der Waals surface area contributed by atoms with Gasteiger partial charge in [-0.25, -0.2) is 0 Å². The summed E-state index contributed by atoms with van der Waals surface area (Å²) in [5.74, 6) is -3.47. The van der Waals surface area contributed by atoms with Gasteiger partial charge in [-0.15, -0.1) is 0 Å². The molecule has 1 rings (SSSR count). The van der Waals surface area contributed by atoms with Crippen LogP contribution in [0.4, 0.5) is 0 Å². The molecular weight excluding hydrogens is 228 g/mol. The van der Waals surface area contributed by atoms with Crippen molar-refractivity contribution in [3.63, 3.8) is 0 Å². The summed E-state index contributed by atoms with van der Waals surface area (Å²) in [4.78, 5) is 23.4. The molecule has 6 nitrogen and oxygen atoms in total. The van der Waals surface area contributed by atoms with Crippen LogP contribution in [0.1, 0.15) is 12.8 Å². The lowest BCUT2D eigenvalue weighted by Crippen LogP contribution is -2.46. The van der Waals surface area contributed by atoms with E-state index in [1.54, 1.807) is 0 Å². The maximum Gasteiger partial charge on any atom is 0.315 e. The van der Waals surface area contributed by atoms with Crippen LogP contribution < -0.4 is 0 Å². The monoisotopic (exact) mass is 246 g/mol. The van der Waals surface area contributed by atoms with Crippen LogP contribution in [0.15, 0.2) is 0 Å². The minimum Gasteiger partial charge on any atom is -0.469 e. The molecule has 0 heterocycles. The highest BCUT2D eigenvalue weighted by molar-refractivity contribution is 5.83. The van der Waals surface area contributed by atoms with Gasteiger partial charge in [-0.3, -0.25) is 9.59 Å². The van der Waals surface area contributed by atoms with E-state index in [4.69, 9.17) is 14.2 Å². The zero-order chi connectivity index (χ0) is 13.1. The molecule has 0 bridgehead atoms. The quantitative estimate of drug-likeness (QED) is 0.526. The Morgan fingerprint density at radius 1 is 1.00 bits per heavy atom. The lowest BCUT2D eigenvalue weighted by molar-refractivity contribution is -0.236. The summed E-state index contributed by atoms with van der Waals surface area (Å²) in [6.45, 7) is 0. The molecular formula is C11H18O6. The van der Waals surface area contributed by atoms with Gasteiger partial charge in [0.25, 0.3) is 0 Å². The van der Waals surface area contributed by atoms with Gasteiger partial charge in [-0.1, -0.05) is 0 Å². The average molecular weight is 246 g/mol. The lowest BCUT2D eigenvalue weighted by Gasteiger charge is -2.32. The molecule has 1 aliphatic carbocycles. The second kappa shape index (κ2) is 5.46. The van der Waals surface area contributed by atoms with Gasteiger partial charge in [0.2, 0.25) is 0 Å². The molecule has 1 aliphatic rings. The Bertz CT molecular complexity index is 296. The highest BCUT2D eigenvalue weighted by atomic mass is 16.7. The van der Waals surface area contributed by atoms with Crippen molar-refractivity contribution in [3.05, 3.63) is 0 Å². The van der Waals surface area contributed by atoms with Crippen LogP contribution in [-0.2, 0) is 28.5 Å². The Kier molecular flexibility index (Phi) is 4.47. The van der Waals surface area contributed by atoms with Gasteiger partial charge in [0.1, 0.15) is 5.92 Å². The zero-order valence-electron chi connectivity index (χ0n) is 10.5. The van der Waals surface area contributed by atoms with E-state index >= 15 is 0 Å². The van der Waals surface area contributed by atoms with Crippen LogP contribution in [0.5, 0.6) is 0 Å². The predicted molar refractivity (Wildman–Crippen MR) is 57.0 cm³/mol. The first-order chi connectivity index (χ1) is 8.06. The number of hydrogen-bond acceptors (Lipinski definition) is 6. The van der Waals surface area contributed by atoms with Crippen LogP contribution in [-0.4, -0.2) is 46.2 Å². The number of carbonyl (C=O) groups is 2. The Balaban J connectivity index is 3.04. The highest BCUT2D eigenvalue weighted by Gasteiger charge is 2.57. The molecule has 1 saturated carbocycles. The van der Waals surface area contributed by atoms with Gasteiger partial charge in [0.15, 0.2) is 5.79 Å². The fourth-order valence-electron chi connectivity index (χ4n) is 2.40. The fraction of sp³-hybridized carbons (Fsp3) is 0.818. The van der Waals surface area contributed by atoms with Crippen molar-refractivity contribution in [2.45, 2.75) is 18.6 Å². The Hall–Kier alpha value is -1.14. The summed E-state index contributed by atoms with van der Waals surface area (Å²) < 4.78 is 20.0. The third kappa shape index (κ3) is 2.28. The van der Waals surface area contributed by atoms with Gasteiger partial charge in [0.05, 0.1) is 20.1 Å². The van der Waals surface area contributed by atoms with Crippen LogP contribution in [0.3, 0.4) is 0 Å². The van der Waals surface area contributed by atoms with E-state index < -0.39 is 29.6 Å². The third-order valence-electron chi connectivity index (χ3n) is 3.33. The Morgan fingerprint density at radius 3 is 1.94 bits per heavy atom. The maximum atomic E-state index is 11.8. The van der Waals surface area contributed by atoms with Crippen molar-refractivity contribution in [1.29, 1.82) is 0 Å². The molecule has 6 heteroatoms. The summed E-state index contributed by atoms with van der Waals surface area (Å²) in [7, 11) is 5.44. The van der Waals surface area contributed by atoms with Crippen LogP contribution in [0, 0.1) is 11.8 Å². The van der Waals surface area contributed by atoms with Crippen molar-refractivity contribution < 1.29 is 28.5 Å². The van der Waals surface area contributed by atoms with E-state index in [0.29, 0.717) is 12.8 Å². The molecule has 98 valence electrons. The molecule has 0 spiro atoms. The van der Waals surface area contributed by atoms with Crippen LogP contribution >= 0.6 is 0 Å². The molecule has 0 amide bonds. The van der Waals surface area contributed by atoms with Gasteiger partial charge in [0, 0.05) is 20.6 Å². The number of methoxy groups -OCH3 is 4. The SMILES string of the molecule is COC(=O)[C@H]1CCC(OC)(OC)[C@@H]1C(=O)OC. The molecule has 0 radical (unpaired) electrons. The topological polar surface area (TPSA) is 71.1 Å². The largest absolute Gasteiger partial charge is 0.469 e. The molecule has 0 aromatic heterocycles. The number of hydrogen-bond donors (Lipinski definition) is 0. The van der Waals surface area contributed by atoms with E-state index in [0.717, 1.165) is 0 Å². The van der Waals surface area contributed by atoms with E-state index in [1.165, 1.54) is 28.4 Å².